The van der Waals surface area contributed by atoms with Gasteiger partial charge in [0.15, 0.2) is 5.82 Å². The lowest BCUT2D eigenvalue weighted by Gasteiger charge is -2.14. The number of hydrogen-bond acceptors (Lipinski definition) is 3. The van der Waals surface area contributed by atoms with Gasteiger partial charge >= 0.3 is 0 Å². The van der Waals surface area contributed by atoms with E-state index in [0.29, 0.717) is 0 Å². The van der Waals surface area contributed by atoms with Crippen molar-refractivity contribution >= 4 is 108 Å². The maximum absolute atomic E-state index is 5.43. The first-order chi connectivity index (χ1) is 28.2. The van der Waals surface area contributed by atoms with E-state index in [4.69, 9.17) is 9.97 Å². The van der Waals surface area contributed by atoms with Crippen LogP contribution in [0.1, 0.15) is 0 Å². The van der Waals surface area contributed by atoms with Crippen LogP contribution in [-0.2, 0) is 0 Å². The molecule has 0 fully saturated rings. The van der Waals surface area contributed by atoms with E-state index in [-0.39, 0.29) is 0 Å². The number of para-hydroxylation sites is 4. The van der Waals surface area contributed by atoms with E-state index in [1.54, 1.807) is 0 Å². The summed E-state index contributed by atoms with van der Waals surface area (Å²) in [6.07, 6.45) is 0. The Kier molecular flexibility index (Phi) is 6.29. The zero-order chi connectivity index (χ0) is 37.2. The van der Waals surface area contributed by atoms with Gasteiger partial charge in [0, 0.05) is 53.0 Å². The molecule has 13 aromatic rings. The molecule has 0 radical (unpaired) electrons. The number of hydrogen-bond donors (Lipinski definition) is 0. The van der Waals surface area contributed by atoms with E-state index in [1.807, 2.05) is 23.5 Å². The summed E-state index contributed by atoms with van der Waals surface area (Å²) in [4.78, 5) is 10.8. The molecule has 0 atom stereocenters. The van der Waals surface area contributed by atoms with Gasteiger partial charge in [0.25, 0.3) is 0 Å². The largest absolute Gasteiger partial charge is 0.309 e. The Morgan fingerprint density at radius 2 is 0.930 bits per heavy atom. The van der Waals surface area contributed by atoms with Crippen LogP contribution in [0, 0.1) is 0 Å². The summed E-state index contributed by atoms with van der Waals surface area (Å²) in [5, 5.41) is 12.3. The Hall–Kier alpha value is -7.34. The van der Waals surface area contributed by atoms with Gasteiger partial charge < -0.3 is 4.57 Å². The van der Waals surface area contributed by atoms with Crippen molar-refractivity contribution in [1.82, 2.24) is 19.1 Å². The first-order valence-corrected chi connectivity index (χ1v) is 20.1. The van der Waals surface area contributed by atoms with Crippen molar-refractivity contribution in [2.24, 2.45) is 0 Å². The number of thiophene rings is 1. The number of rotatable bonds is 3. The molecule has 0 saturated heterocycles. The van der Waals surface area contributed by atoms with Crippen LogP contribution in [0.25, 0.3) is 119 Å². The third-order valence-electron chi connectivity index (χ3n) is 11.8. The summed E-state index contributed by atoms with van der Waals surface area (Å²) in [6.45, 7) is 0. The highest BCUT2D eigenvalue weighted by atomic mass is 32.1. The molecule has 0 aliphatic heterocycles. The highest BCUT2D eigenvalue weighted by Crippen LogP contribution is 2.41. The first kappa shape index (κ1) is 30.9. The summed E-state index contributed by atoms with van der Waals surface area (Å²) in [5.41, 5.74) is 9.44. The number of fused-ring (bicyclic) bond motifs is 12. The Morgan fingerprint density at radius 1 is 0.351 bits per heavy atom. The molecule has 4 nitrogen and oxygen atoms in total. The summed E-state index contributed by atoms with van der Waals surface area (Å²) in [5.74, 6) is 0.828. The summed E-state index contributed by atoms with van der Waals surface area (Å²) in [6, 6.07) is 66.0. The second-order valence-corrected chi connectivity index (χ2v) is 16.1. The molecule has 13 rings (SSSR count). The van der Waals surface area contributed by atoms with Gasteiger partial charge in [-0.25, -0.2) is 9.97 Å². The average molecular weight is 743 g/mol. The standard InChI is InChI=1S/C52H30N4S/c1-2-12-32-28-47-41(26-31(32)11-1)37-13-3-8-18-45(37)55(47)36-23-21-33-29-48-42(27-35(33)25-36)38-14-4-9-19-46(38)56(48)52-51(53-43-16-6-7-17-44(43)54-52)34-22-24-40-39-15-5-10-20-49(39)57-50(40)30-34/h1-30H. The fourth-order valence-electron chi connectivity index (χ4n) is 9.21. The van der Waals surface area contributed by atoms with Gasteiger partial charge in [-0.2, -0.15) is 0 Å². The number of nitrogens with zero attached hydrogens (tertiary/aromatic N) is 4. The third kappa shape index (κ3) is 4.49. The van der Waals surface area contributed by atoms with E-state index in [0.717, 1.165) is 44.8 Å². The van der Waals surface area contributed by atoms with Gasteiger partial charge in [-0.05, 0) is 94.3 Å². The smallest absolute Gasteiger partial charge is 0.165 e. The second kappa shape index (κ2) is 11.6. The lowest BCUT2D eigenvalue weighted by molar-refractivity contribution is 1.08. The van der Waals surface area contributed by atoms with Crippen LogP contribution in [-0.4, -0.2) is 19.1 Å². The monoisotopic (exact) mass is 742 g/mol. The molecule has 9 aromatic carbocycles. The van der Waals surface area contributed by atoms with Crippen molar-refractivity contribution in [3.05, 3.63) is 182 Å². The third-order valence-corrected chi connectivity index (χ3v) is 13.0. The van der Waals surface area contributed by atoms with Crippen LogP contribution in [0.5, 0.6) is 0 Å². The zero-order valence-corrected chi connectivity index (χ0v) is 31.3. The highest BCUT2D eigenvalue weighted by Gasteiger charge is 2.21. The molecule has 0 unspecified atom stereocenters. The van der Waals surface area contributed by atoms with Crippen molar-refractivity contribution in [2.75, 3.05) is 0 Å². The first-order valence-electron chi connectivity index (χ1n) is 19.3. The van der Waals surface area contributed by atoms with Crippen molar-refractivity contribution in [3.63, 3.8) is 0 Å². The fourth-order valence-corrected chi connectivity index (χ4v) is 10.4. The quantitative estimate of drug-likeness (QED) is 0.181. The molecule has 0 spiro atoms. The number of aromatic nitrogens is 4. The van der Waals surface area contributed by atoms with Gasteiger partial charge in [-0.15, -0.1) is 11.3 Å². The minimum absolute atomic E-state index is 0.828. The molecule has 4 heterocycles. The van der Waals surface area contributed by atoms with Crippen molar-refractivity contribution in [3.8, 4) is 22.8 Å². The minimum Gasteiger partial charge on any atom is -0.309 e. The molecular formula is C52H30N4S. The van der Waals surface area contributed by atoms with Gasteiger partial charge in [-0.1, -0.05) is 109 Å². The fraction of sp³-hybridized carbons (Fsp3) is 0. The molecule has 4 aromatic heterocycles. The summed E-state index contributed by atoms with van der Waals surface area (Å²) in [7, 11) is 0. The van der Waals surface area contributed by atoms with Crippen LogP contribution >= 0.6 is 11.3 Å². The van der Waals surface area contributed by atoms with Gasteiger partial charge in [0.05, 0.1) is 33.1 Å². The minimum atomic E-state index is 0.828. The van der Waals surface area contributed by atoms with E-state index in [1.165, 1.54) is 74.3 Å². The molecule has 57 heavy (non-hydrogen) atoms. The summed E-state index contributed by atoms with van der Waals surface area (Å²) >= 11 is 1.83. The molecule has 264 valence electrons. The molecule has 0 N–H and O–H groups in total. The predicted octanol–water partition coefficient (Wildman–Crippen LogP) is 14.2. The Balaban J connectivity index is 1.06. The molecule has 0 bridgehead atoms. The van der Waals surface area contributed by atoms with E-state index < -0.39 is 0 Å². The van der Waals surface area contributed by atoms with Gasteiger partial charge in [0.1, 0.15) is 5.69 Å². The van der Waals surface area contributed by atoms with Crippen LogP contribution in [0.15, 0.2) is 182 Å². The van der Waals surface area contributed by atoms with Crippen LogP contribution in [0.4, 0.5) is 0 Å². The highest BCUT2D eigenvalue weighted by molar-refractivity contribution is 7.25. The van der Waals surface area contributed by atoms with Gasteiger partial charge in [-0.3, -0.25) is 4.57 Å². The van der Waals surface area contributed by atoms with Gasteiger partial charge in [0.2, 0.25) is 0 Å². The topological polar surface area (TPSA) is 35.6 Å². The SMILES string of the molecule is c1ccc2cc3c(cc2c1)c1ccccc1n3-c1ccc2cc3c(cc2c1)c1ccccc1n3-c1nc2ccccc2nc1-c1ccc2c(c1)sc1ccccc12. The van der Waals surface area contributed by atoms with E-state index >= 15 is 0 Å². The maximum atomic E-state index is 5.43. The van der Waals surface area contributed by atoms with Crippen molar-refractivity contribution in [1.29, 1.82) is 0 Å². The van der Waals surface area contributed by atoms with Crippen molar-refractivity contribution in [2.45, 2.75) is 0 Å². The Bertz CT molecular complexity index is 3830. The molecule has 0 aliphatic carbocycles. The second-order valence-electron chi connectivity index (χ2n) is 15.0. The zero-order valence-electron chi connectivity index (χ0n) is 30.5. The molecular weight excluding hydrogens is 713 g/mol. The molecule has 0 saturated carbocycles. The summed E-state index contributed by atoms with van der Waals surface area (Å²) < 4.78 is 7.29. The van der Waals surface area contributed by atoms with E-state index in [2.05, 4.69) is 179 Å². The maximum Gasteiger partial charge on any atom is 0.165 e. The van der Waals surface area contributed by atoms with Crippen LogP contribution in [0.2, 0.25) is 0 Å². The number of benzene rings is 9. The molecule has 0 amide bonds. The lowest BCUT2D eigenvalue weighted by Crippen LogP contribution is -2.03. The molecule has 5 heteroatoms. The Labute approximate surface area is 330 Å². The lowest BCUT2D eigenvalue weighted by atomic mass is 10.0. The molecule has 0 aliphatic rings. The average Bonchev–Trinajstić information content (AvgIpc) is 3.91. The predicted molar refractivity (Wildman–Crippen MR) is 242 cm³/mol. The van der Waals surface area contributed by atoms with Crippen LogP contribution in [0.3, 0.4) is 0 Å². The Morgan fingerprint density at radius 3 is 1.72 bits per heavy atom. The van der Waals surface area contributed by atoms with E-state index in [9.17, 15) is 0 Å². The normalized spacial score (nSPS) is 12.2. The van der Waals surface area contributed by atoms with Crippen molar-refractivity contribution < 1.29 is 0 Å². The van der Waals surface area contributed by atoms with Crippen LogP contribution < -0.4 is 0 Å².